The van der Waals surface area contributed by atoms with E-state index in [1.165, 1.54) is 12.8 Å². The molecule has 0 bridgehead atoms. The average molecular weight is 285 g/mol. The van der Waals surface area contributed by atoms with E-state index < -0.39 is 0 Å². The first kappa shape index (κ1) is 12.8. The predicted molar refractivity (Wildman–Crippen MR) is 78.9 cm³/mol. The van der Waals surface area contributed by atoms with Crippen LogP contribution in [0.15, 0.2) is 24.7 Å². The summed E-state index contributed by atoms with van der Waals surface area (Å²) >= 11 is 0. The minimum Gasteiger partial charge on any atom is -0.323 e. The predicted octanol–water partition coefficient (Wildman–Crippen LogP) is 1.45. The largest absolute Gasteiger partial charge is 0.323 e. The van der Waals surface area contributed by atoms with Crippen LogP contribution in [0, 0.1) is 11.3 Å². The summed E-state index contributed by atoms with van der Waals surface area (Å²) in [4.78, 5) is 16.6. The minimum absolute atomic E-state index is 0.111. The van der Waals surface area contributed by atoms with Gasteiger partial charge >= 0.3 is 0 Å². The molecular formula is C15H19N5O. The number of nitrogens with zero attached hydrogens (tertiary/aromatic N) is 3. The molecule has 1 saturated heterocycles. The molecule has 6 heteroatoms. The topological polar surface area (TPSA) is 71.3 Å². The van der Waals surface area contributed by atoms with E-state index in [-0.39, 0.29) is 11.8 Å². The van der Waals surface area contributed by atoms with Crippen molar-refractivity contribution >= 4 is 17.2 Å². The molecule has 3 heterocycles. The molecular weight excluding hydrogens is 266 g/mol. The van der Waals surface area contributed by atoms with Crippen molar-refractivity contribution in [3.8, 4) is 0 Å². The molecule has 4 rings (SSSR count). The highest BCUT2D eigenvalue weighted by Crippen LogP contribution is 2.49. The van der Waals surface area contributed by atoms with Crippen molar-refractivity contribution < 1.29 is 4.79 Å². The fourth-order valence-corrected chi connectivity index (χ4v) is 3.67. The van der Waals surface area contributed by atoms with Crippen LogP contribution in [0.2, 0.25) is 0 Å². The first-order valence-corrected chi connectivity index (χ1v) is 7.55. The van der Waals surface area contributed by atoms with Gasteiger partial charge < -0.3 is 10.6 Å². The molecule has 1 saturated carbocycles. The van der Waals surface area contributed by atoms with Gasteiger partial charge in [0.25, 0.3) is 0 Å². The molecule has 2 aliphatic rings. The number of nitrogens with one attached hydrogen (secondary N) is 2. The summed E-state index contributed by atoms with van der Waals surface area (Å²) in [5.74, 6) is 0.248. The monoisotopic (exact) mass is 285 g/mol. The van der Waals surface area contributed by atoms with Crippen molar-refractivity contribution in [3.05, 3.63) is 24.7 Å². The van der Waals surface area contributed by atoms with Crippen molar-refractivity contribution in [2.75, 3.05) is 18.4 Å². The lowest BCUT2D eigenvalue weighted by Gasteiger charge is -2.49. The quantitative estimate of drug-likeness (QED) is 0.876. The van der Waals surface area contributed by atoms with E-state index in [9.17, 15) is 4.79 Å². The summed E-state index contributed by atoms with van der Waals surface area (Å²) in [6.45, 7) is 2.19. The van der Waals surface area contributed by atoms with Crippen LogP contribution >= 0.6 is 0 Å². The number of carbonyl (C=O) groups excluding carboxylic acids is 1. The SMILES string of the molecule is O=C(Nc1cnc2ccnn2c1)C1CC2(CCCNC2)C1. The first-order valence-electron chi connectivity index (χ1n) is 7.55. The Morgan fingerprint density at radius 3 is 3.19 bits per heavy atom. The molecule has 2 fully saturated rings. The molecule has 0 radical (unpaired) electrons. The molecule has 2 N–H and O–H groups in total. The second kappa shape index (κ2) is 4.80. The molecule has 110 valence electrons. The van der Waals surface area contributed by atoms with Gasteiger partial charge in [-0.1, -0.05) is 0 Å². The Balaban J connectivity index is 1.40. The Morgan fingerprint density at radius 1 is 1.48 bits per heavy atom. The number of hydrogen-bond acceptors (Lipinski definition) is 4. The zero-order valence-electron chi connectivity index (χ0n) is 11.9. The second-order valence-corrected chi connectivity index (χ2v) is 6.35. The van der Waals surface area contributed by atoms with Gasteiger partial charge in [0.05, 0.1) is 24.3 Å². The summed E-state index contributed by atoms with van der Waals surface area (Å²) in [6.07, 6.45) is 9.67. The van der Waals surface area contributed by atoms with E-state index in [0.717, 1.165) is 31.6 Å². The van der Waals surface area contributed by atoms with Crippen molar-refractivity contribution in [1.29, 1.82) is 0 Å². The van der Waals surface area contributed by atoms with Crippen LogP contribution in [0.5, 0.6) is 0 Å². The standard InChI is InChI=1S/C15H19N5O/c21-14(11-6-15(7-11)3-1-4-16-10-15)19-12-8-17-13-2-5-18-20(13)9-12/h2,5,8-9,11,16H,1,3-4,6-7,10H2,(H,19,21). The first-order chi connectivity index (χ1) is 10.2. The van der Waals surface area contributed by atoms with Gasteiger partial charge in [-0.2, -0.15) is 5.10 Å². The molecule has 0 unspecified atom stereocenters. The fraction of sp³-hybridized carbons (Fsp3) is 0.533. The maximum Gasteiger partial charge on any atom is 0.227 e. The van der Waals surface area contributed by atoms with Crippen LogP contribution in [0.4, 0.5) is 5.69 Å². The Hall–Kier alpha value is -1.95. The molecule has 0 atom stereocenters. The Bertz CT molecular complexity index is 666. The highest BCUT2D eigenvalue weighted by molar-refractivity contribution is 5.93. The summed E-state index contributed by atoms with van der Waals surface area (Å²) < 4.78 is 1.67. The van der Waals surface area contributed by atoms with Gasteiger partial charge in [-0.25, -0.2) is 9.50 Å². The third-order valence-corrected chi connectivity index (χ3v) is 4.80. The summed E-state index contributed by atoms with van der Waals surface area (Å²) in [6, 6.07) is 1.83. The van der Waals surface area contributed by atoms with Crippen LogP contribution in [0.3, 0.4) is 0 Å². The Kier molecular flexibility index (Phi) is 2.92. The lowest BCUT2D eigenvalue weighted by atomic mass is 9.58. The van der Waals surface area contributed by atoms with Crippen LogP contribution in [0.25, 0.3) is 5.65 Å². The van der Waals surface area contributed by atoms with Gasteiger partial charge in [0.2, 0.25) is 5.91 Å². The third-order valence-electron chi connectivity index (χ3n) is 4.80. The Morgan fingerprint density at radius 2 is 2.38 bits per heavy atom. The van der Waals surface area contributed by atoms with Gasteiger partial charge in [0.1, 0.15) is 0 Å². The van der Waals surface area contributed by atoms with Gasteiger partial charge in [0.15, 0.2) is 5.65 Å². The highest BCUT2D eigenvalue weighted by Gasteiger charge is 2.47. The molecule has 6 nitrogen and oxygen atoms in total. The number of fused-ring (bicyclic) bond motifs is 1. The van der Waals surface area contributed by atoms with Crippen molar-refractivity contribution in [1.82, 2.24) is 19.9 Å². The van der Waals surface area contributed by atoms with E-state index in [4.69, 9.17) is 0 Å². The van der Waals surface area contributed by atoms with Crippen molar-refractivity contribution in [2.45, 2.75) is 25.7 Å². The molecule has 1 amide bonds. The minimum atomic E-state index is 0.111. The van der Waals surface area contributed by atoms with E-state index in [1.54, 1.807) is 23.1 Å². The van der Waals surface area contributed by atoms with Crippen LogP contribution in [-0.4, -0.2) is 33.6 Å². The highest BCUT2D eigenvalue weighted by atomic mass is 16.1. The molecule has 1 aliphatic carbocycles. The van der Waals surface area contributed by atoms with Crippen molar-refractivity contribution in [2.24, 2.45) is 11.3 Å². The number of carbonyl (C=O) groups is 1. The van der Waals surface area contributed by atoms with Crippen LogP contribution in [0.1, 0.15) is 25.7 Å². The molecule has 21 heavy (non-hydrogen) atoms. The number of rotatable bonds is 2. The van der Waals surface area contributed by atoms with Crippen LogP contribution in [-0.2, 0) is 4.79 Å². The van der Waals surface area contributed by atoms with Gasteiger partial charge in [0, 0.05) is 18.5 Å². The van der Waals surface area contributed by atoms with Crippen molar-refractivity contribution in [3.63, 3.8) is 0 Å². The van der Waals surface area contributed by atoms with E-state index in [0.29, 0.717) is 11.1 Å². The average Bonchev–Trinajstić information content (AvgIpc) is 2.93. The van der Waals surface area contributed by atoms with E-state index >= 15 is 0 Å². The van der Waals surface area contributed by atoms with Gasteiger partial charge in [-0.05, 0) is 37.6 Å². The fourth-order valence-electron chi connectivity index (χ4n) is 3.67. The summed E-state index contributed by atoms with van der Waals surface area (Å²) in [5, 5.41) is 10.5. The van der Waals surface area contributed by atoms with Gasteiger partial charge in [-0.3, -0.25) is 4.79 Å². The lowest BCUT2D eigenvalue weighted by Crippen LogP contribution is -2.51. The zero-order chi connectivity index (χ0) is 14.3. The number of amides is 1. The van der Waals surface area contributed by atoms with E-state index in [2.05, 4.69) is 20.7 Å². The molecule has 1 aliphatic heterocycles. The number of hydrogen-bond donors (Lipinski definition) is 2. The van der Waals surface area contributed by atoms with Crippen LogP contribution < -0.4 is 10.6 Å². The second-order valence-electron chi connectivity index (χ2n) is 6.35. The Labute approximate surface area is 122 Å². The maximum absolute atomic E-state index is 12.3. The van der Waals surface area contributed by atoms with E-state index in [1.807, 2.05) is 6.07 Å². The summed E-state index contributed by atoms with van der Waals surface area (Å²) in [5.41, 5.74) is 1.87. The molecule has 2 aromatic rings. The normalized spacial score (nSPS) is 28.5. The zero-order valence-corrected chi connectivity index (χ0v) is 11.9. The third kappa shape index (κ3) is 2.29. The van der Waals surface area contributed by atoms with Gasteiger partial charge in [-0.15, -0.1) is 0 Å². The lowest BCUT2D eigenvalue weighted by molar-refractivity contribution is -0.128. The molecule has 2 aromatic heterocycles. The molecule has 1 spiro atoms. The molecule has 0 aromatic carbocycles. The summed E-state index contributed by atoms with van der Waals surface area (Å²) in [7, 11) is 0. The number of piperidine rings is 1. The maximum atomic E-state index is 12.3. The number of anilines is 1. The number of aromatic nitrogens is 3. The smallest absolute Gasteiger partial charge is 0.227 e.